The van der Waals surface area contributed by atoms with E-state index in [2.05, 4.69) is 0 Å². The Hall–Kier alpha value is -0.960. The average Bonchev–Trinajstić information content (AvgIpc) is 2.18. The lowest BCUT2D eigenvalue weighted by molar-refractivity contribution is 0.0988. The van der Waals surface area contributed by atoms with Crippen molar-refractivity contribution in [2.75, 3.05) is 5.88 Å². The Morgan fingerprint density at radius 3 is 2.67 bits per heavy atom. The second-order valence-electron chi connectivity index (χ2n) is 3.23. The molecule has 0 aliphatic carbocycles. The molecule has 82 valence electrons. The fourth-order valence-electron chi connectivity index (χ4n) is 1.28. The Kier molecular flexibility index (Phi) is 4.21. The number of aryl methyl sites for hydroxylation is 1. The maximum Gasteiger partial charge on any atom is 0.264 e. The number of carbonyl (C=O) groups is 1. The summed E-state index contributed by atoms with van der Waals surface area (Å²) in [5.74, 6) is 0.00314. The first-order valence-corrected chi connectivity index (χ1v) is 5.07. The van der Waals surface area contributed by atoms with Gasteiger partial charge in [-0.2, -0.15) is 0 Å². The molecule has 0 saturated heterocycles. The molecule has 15 heavy (non-hydrogen) atoms. The fourth-order valence-corrected chi connectivity index (χ4v) is 1.45. The summed E-state index contributed by atoms with van der Waals surface area (Å²) in [6.45, 7) is 1.59. The van der Waals surface area contributed by atoms with Crippen LogP contribution in [0, 0.1) is 6.92 Å². The lowest BCUT2D eigenvalue weighted by Crippen LogP contribution is -2.02. The molecule has 0 heterocycles. The lowest BCUT2D eigenvalue weighted by Gasteiger charge is -2.06. The maximum atomic E-state index is 12.5. The predicted octanol–water partition coefficient (Wildman–Crippen LogP) is 3.74. The highest BCUT2D eigenvalue weighted by Crippen LogP contribution is 2.24. The summed E-state index contributed by atoms with van der Waals surface area (Å²) in [7, 11) is 0. The van der Waals surface area contributed by atoms with Crippen LogP contribution in [-0.2, 0) is 0 Å². The number of hydrogen-bond donors (Lipinski definition) is 0. The number of ketones is 1. The van der Waals surface area contributed by atoms with Crippen molar-refractivity contribution < 1.29 is 13.6 Å². The summed E-state index contributed by atoms with van der Waals surface area (Å²) in [6, 6.07) is 4.33. The molecule has 0 aliphatic heterocycles. The highest BCUT2D eigenvalue weighted by atomic mass is 35.5. The monoisotopic (exact) mass is 232 g/mol. The van der Waals surface area contributed by atoms with Crippen molar-refractivity contribution in [1.29, 1.82) is 0 Å². The molecule has 0 aliphatic rings. The number of Topliss-reactive ketones (excluding diaryl/α,β-unsaturated/α-hetero) is 1. The van der Waals surface area contributed by atoms with Crippen LogP contribution in [0.4, 0.5) is 8.78 Å². The van der Waals surface area contributed by atoms with E-state index >= 15 is 0 Å². The number of alkyl halides is 3. The molecule has 0 radical (unpaired) electrons. The van der Waals surface area contributed by atoms with E-state index in [0.29, 0.717) is 11.1 Å². The summed E-state index contributed by atoms with van der Waals surface area (Å²) < 4.78 is 25.0. The smallest absolute Gasteiger partial charge is 0.264 e. The molecule has 0 N–H and O–H groups in total. The Morgan fingerprint density at radius 2 is 2.13 bits per heavy atom. The van der Waals surface area contributed by atoms with Crippen molar-refractivity contribution in [3.63, 3.8) is 0 Å². The van der Waals surface area contributed by atoms with Crippen molar-refractivity contribution in [2.45, 2.75) is 19.8 Å². The standard InChI is InChI=1S/C11H11ClF2O/c1-7-2-3-8(10(15)4-5-12)6-9(7)11(13)14/h2-3,6,11H,4-5H2,1H3. The number of rotatable bonds is 4. The third-order valence-electron chi connectivity index (χ3n) is 2.16. The minimum atomic E-state index is -2.55. The topological polar surface area (TPSA) is 17.1 Å². The van der Waals surface area contributed by atoms with Crippen LogP contribution in [0.25, 0.3) is 0 Å². The first-order chi connectivity index (χ1) is 7.06. The van der Waals surface area contributed by atoms with Gasteiger partial charge in [0.25, 0.3) is 6.43 Å². The van der Waals surface area contributed by atoms with Crippen molar-refractivity contribution in [1.82, 2.24) is 0 Å². The third-order valence-corrected chi connectivity index (χ3v) is 2.35. The summed E-state index contributed by atoms with van der Waals surface area (Å²) in [5, 5.41) is 0. The molecule has 0 unspecified atom stereocenters. The van der Waals surface area contributed by atoms with Crippen LogP contribution < -0.4 is 0 Å². The summed E-state index contributed by atoms with van der Waals surface area (Å²) in [4.78, 5) is 11.4. The largest absolute Gasteiger partial charge is 0.294 e. The normalized spacial score (nSPS) is 10.7. The quantitative estimate of drug-likeness (QED) is 0.571. The molecule has 0 saturated carbocycles. The molecule has 0 amide bonds. The van der Waals surface area contributed by atoms with Gasteiger partial charge in [0.2, 0.25) is 0 Å². The number of carbonyl (C=O) groups excluding carboxylic acids is 1. The number of benzene rings is 1. The van der Waals surface area contributed by atoms with Gasteiger partial charge in [0.05, 0.1) is 0 Å². The van der Waals surface area contributed by atoms with E-state index in [1.165, 1.54) is 12.1 Å². The van der Waals surface area contributed by atoms with E-state index in [9.17, 15) is 13.6 Å². The van der Waals surface area contributed by atoms with Gasteiger partial charge in [-0.3, -0.25) is 4.79 Å². The van der Waals surface area contributed by atoms with Gasteiger partial charge < -0.3 is 0 Å². The molecule has 0 aromatic heterocycles. The molecule has 1 rings (SSSR count). The molecule has 1 aromatic carbocycles. The minimum absolute atomic E-state index is 0.0876. The Balaban J connectivity index is 3.02. The third kappa shape index (κ3) is 2.99. The Labute approximate surface area is 92.1 Å². The Bertz CT molecular complexity index is 364. The second-order valence-corrected chi connectivity index (χ2v) is 3.61. The van der Waals surface area contributed by atoms with Crippen LogP contribution >= 0.6 is 11.6 Å². The van der Waals surface area contributed by atoms with Crippen molar-refractivity contribution in [3.05, 3.63) is 34.9 Å². The van der Waals surface area contributed by atoms with E-state index < -0.39 is 6.43 Å². The van der Waals surface area contributed by atoms with Gasteiger partial charge in [0, 0.05) is 23.4 Å². The zero-order valence-electron chi connectivity index (χ0n) is 8.27. The van der Waals surface area contributed by atoms with E-state index in [0.717, 1.165) is 0 Å². The van der Waals surface area contributed by atoms with E-state index in [-0.39, 0.29) is 23.6 Å². The van der Waals surface area contributed by atoms with Gasteiger partial charge in [-0.25, -0.2) is 8.78 Å². The predicted molar refractivity (Wildman–Crippen MR) is 55.8 cm³/mol. The molecule has 4 heteroatoms. The summed E-state index contributed by atoms with van der Waals surface area (Å²) in [5.41, 5.74) is 0.708. The zero-order chi connectivity index (χ0) is 11.4. The molecule has 1 aromatic rings. The molecular formula is C11H11ClF2O. The summed E-state index contributed by atoms with van der Waals surface area (Å²) >= 11 is 5.41. The first-order valence-electron chi connectivity index (χ1n) is 4.54. The van der Waals surface area contributed by atoms with Gasteiger partial charge in [0.1, 0.15) is 0 Å². The molecule has 0 bridgehead atoms. The van der Waals surface area contributed by atoms with Gasteiger partial charge in [-0.1, -0.05) is 12.1 Å². The van der Waals surface area contributed by atoms with Crippen LogP contribution in [0.3, 0.4) is 0 Å². The Morgan fingerprint density at radius 1 is 1.47 bits per heavy atom. The molecule has 0 fully saturated rings. The van der Waals surface area contributed by atoms with Crippen molar-refractivity contribution in [3.8, 4) is 0 Å². The van der Waals surface area contributed by atoms with E-state index in [1.807, 2.05) is 0 Å². The van der Waals surface area contributed by atoms with Crippen LogP contribution in [0.5, 0.6) is 0 Å². The maximum absolute atomic E-state index is 12.5. The van der Waals surface area contributed by atoms with Crippen molar-refractivity contribution in [2.24, 2.45) is 0 Å². The highest BCUT2D eigenvalue weighted by Gasteiger charge is 2.13. The summed E-state index contributed by atoms with van der Waals surface area (Å²) in [6.07, 6.45) is -2.37. The first kappa shape index (κ1) is 12.1. The molecule has 0 spiro atoms. The van der Waals surface area contributed by atoms with Gasteiger partial charge in [-0.05, 0) is 18.6 Å². The highest BCUT2D eigenvalue weighted by molar-refractivity contribution is 6.19. The van der Waals surface area contributed by atoms with E-state index in [1.54, 1.807) is 13.0 Å². The minimum Gasteiger partial charge on any atom is -0.294 e. The zero-order valence-corrected chi connectivity index (χ0v) is 9.02. The molecular weight excluding hydrogens is 222 g/mol. The van der Waals surface area contributed by atoms with Gasteiger partial charge in [-0.15, -0.1) is 11.6 Å². The van der Waals surface area contributed by atoms with E-state index in [4.69, 9.17) is 11.6 Å². The number of hydrogen-bond acceptors (Lipinski definition) is 1. The van der Waals surface area contributed by atoms with Crippen LogP contribution in [0.1, 0.15) is 34.3 Å². The van der Waals surface area contributed by atoms with Crippen LogP contribution in [0.15, 0.2) is 18.2 Å². The average molecular weight is 233 g/mol. The van der Waals surface area contributed by atoms with Gasteiger partial charge in [0.15, 0.2) is 5.78 Å². The fraction of sp³-hybridized carbons (Fsp3) is 0.364. The number of halogens is 3. The lowest BCUT2D eigenvalue weighted by atomic mass is 10.0. The van der Waals surface area contributed by atoms with Crippen molar-refractivity contribution >= 4 is 17.4 Å². The van der Waals surface area contributed by atoms with Gasteiger partial charge >= 0.3 is 0 Å². The SMILES string of the molecule is Cc1ccc(C(=O)CCCl)cc1C(F)F. The molecule has 0 atom stereocenters. The van der Waals surface area contributed by atoms with Crippen LogP contribution in [0.2, 0.25) is 0 Å². The molecule has 1 nitrogen and oxygen atoms in total. The second kappa shape index (κ2) is 5.21. The van der Waals surface area contributed by atoms with Crippen LogP contribution in [-0.4, -0.2) is 11.7 Å².